The summed E-state index contributed by atoms with van der Waals surface area (Å²) in [5.74, 6) is 0. The van der Waals surface area contributed by atoms with E-state index < -0.39 is 0 Å². The van der Waals surface area contributed by atoms with E-state index in [9.17, 15) is 0 Å². The highest BCUT2D eigenvalue weighted by atomic mass is 35.5. The molecule has 0 unspecified atom stereocenters. The van der Waals surface area contributed by atoms with Crippen molar-refractivity contribution in [1.29, 1.82) is 0 Å². The van der Waals surface area contributed by atoms with E-state index in [2.05, 4.69) is 10.4 Å². The van der Waals surface area contributed by atoms with Gasteiger partial charge in [0.05, 0.1) is 5.01 Å². The molecule has 0 bridgehead atoms. The molecule has 0 amide bonds. The molecule has 0 saturated heterocycles. The Morgan fingerprint density at radius 2 is 2.31 bits per heavy atom. The number of aromatic nitrogens is 1. The van der Waals surface area contributed by atoms with Crippen LogP contribution >= 0.6 is 23.7 Å². The fourth-order valence-corrected chi connectivity index (χ4v) is 2.52. The molecule has 74 valence electrons. The minimum atomic E-state index is 0. The van der Waals surface area contributed by atoms with Crippen LogP contribution in [-0.4, -0.2) is 10.5 Å². The van der Waals surface area contributed by atoms with Crippen LogP contribution in [0.5, 0.6) is 0 Å². The molecule has 0 spiro atoms. The standard InChI is InChI=1S/C9H14N2S.ClH/c1-7-6-12-8(11-7)5-9(10)3-2-4-9;/h6H,2-5,10H2,1H3;1H. The first-order valence-corrected chi connectivity index (χ1v) is 5.26. The second-order valence-corrected chi connectivity index (χ2v) is 4.72. The molecule has 0 atom stereocenters. The lowest BCUT2D eigenvalue weighted by Crippen LogP contribution is -2.48. The van der Waals surface area contributed by atoms with Gasteiger partial charge in [-0.1, -0.05) is 0 Å². The molecule has 0 aromatic carbocycles. The molecule has 2 rings (SSSR count). The Balaban J connectivity index is 0.000000845. The lowest BCUT2D eigenvalue weighted by Gasteiger charge is -2.37. The normalized spacial score (nSPS) is 18.9. The maximum atomic E-state index is 6.11. The van der Waals surface area contributed by atoms with Crippen LogP contribution in [0.4, 0.5) is 0 Å². The number of hydrogen-bond acceptors (Lipinski definition) is 3. The minimum absolute atomic E-state index is 0. The summed E-state index contributed by atoms with van der Waals surface area (Å²) in [4.78, 5) is 4.42. The third-order valence-electron chi connectivity index (χ3n) is 2.52. The molecule has 0 aliphatic heterocycles. The van der Waals surface area contributed by atoms with Gasteiger partial charge in [0.2, 0.25) is 0 Å². The van der Waals surface area contributed by atoms with Gasteiger partial charge in [0, 0.05) is 23.0 Å². The predicted octanol–water partition coefficient (Wildman–Crippen LogP) is 2.30. The molecule has 1 aromatic rings. The molecule has 1 fully saturated rings. The Labute approximate surface area is 89.0 Å². The highest BCUT2D eigenvalue weighted by molar-refractivity contribution is 7.09. The Morgan fingerprint density at radius 1 is 1.62 bits per heavy atom. The molecule has 4 heteroatoms. The summed E-state index contributed by atoms with van der Waals surface area (Å²) < 4.78 is 0. The Hall–Kier alpha value is -0.120. The van der Waals surface area contributed by atoms with Crippen molar-refractivity contribution in [3.05, 3.63) is 16.1 Å². The van der Waals surface area contributed by atoms with E-state index in [0.29, 0.717) is 0 Å². The average Bonchev–Trinajstić information content (AvgIpc) is 2.32. The monoisotopic (exact) mass is 218 g/mol. The van der Waals surface area contributed by atoms with Crippen molar-refractivity contribution < 1.29 is 0 Å². The Morgan fingerprint density at radius 3 is 2.69 bits per heavy atom. The first kappa shape index (κ1) is 11.0. The van der Waals surface area contributed by atoms with E-state index in [-0.39, 0.29) is 17.9 Å². The number of nitrogens with two attached hydrogens (primary N) is 1. The molecular formula is C9H15ClN2S. The molecule has 1 aliphatic carbocycles. The van der Waals surface area contributed by atoms with Gasteiger partial charge in [-0.05, 0) is 26.2 Å². The highest BCUT2D eigenvalue weighted by Crippen LogP contribution is 2.32. The van der Waals surface area contributed by atoms with Gasteiger partial charge < -0.3 is 5.73 Å². The smallest absolute Gasteiger partial charge is 0.0946 e. The summed E-state index contributed by atoms with van der Waals surface area (Å²) in [6.07, 6.45) is 4.61. The van der Waals surface area contributed by atoms with Crippen LogP contribution in [0.15, 0.2) is 5.38 Å². The maximum Gasteiger partial charge on any atom is 0.0946 e. The van der Waals surface area contributed by atoms with Crippen LogP contribution in [0.25, 0.3) is 0 Å². The lowest BCUT2D eigenvalue weighted by atomic mass is 9.75. The van der Waals surface area contributed by atoms with Gasteiger partial charge in [-0.25, -0.2) is 4.98 Å². The molecule has 1 aromatic heterocycles. The van der Waals surface area contributed by atoms with Gasteiger partial charge >= 0.3 is 0 Å². The molecular weight excluding hydrogens is 204 g/mol. The third kappa shape index (κ3) is 2.42. The van der Waals surface area contributed by atoms with Gasteiger partial charge in [0.15, 0.2) is 0 Å². The summed E-state index contributed by atoms with van der Waals surface area (Å²) in [5, 5.41) is 3.30. The van der Waals surface area contributed by atoms with Crippen molar-refractivity contribution >= 4 is 23.7 Å². The molecule has 0 radical (unpaired) electrons. The van der Waals surface area contributed by atoms with Crippen LogP contribution < -0.4 is 5.73 Å². The van der Waals surface area contributed by atoms with Gasteiger partial charge in [-0.2, -0.15) is 0 Å². The summed E-state index contributed by atoms with van der Waals surface area (Å²) in [6, 6.07) is 0. The Bertz CT molecular complexity index is 281. The second kappa shape index (κ2) is 3.95. The zero-order valence-electron chi connectivity index (χ0n) is 7.75. The SMILES string of the molecule is Cc1csc(CC2(N)CCC2)n1.Cl. The quantitative estimate of drug-likeness (QED) is 0.828. The summed E-state index contributed by atoms with van der Waals surface area (Å²) >= 11 is 1.73. The predicted molar refractivity (Wildman–Crippen MR) is 58.6 cm³/mol. The maximum absolute atomic E-state index is 6.11. The number of nitrogens with zero attached hydrogens (tertiary/aromatic N) is 1. The number of thiazole rings is 1. The molecule has 1 heterocycles. The zero-order chi connectivity index (χ0) is 8.60. The van der Waals surface area contributed by atoms with Gasteiger partial charge in [0.25, 0.3) is 0 Å². The van der Waals surface area contributed by atoms with Crippen molar-refractivity contribution in [1.82, 2.24) is 4.98 Å². The average molecular weight is 219 g/mol. The summed E-state index contributed by atoms with van der Waals surface area (Å²) in [7, 11) is 0. The number of halogens is 1. The molecule has 2 N–H and O–H groups in total. The molecule has 2 nitrogen and oxygen atoms in total. The third-order valence-corrected chi connectivity index (χ3v) is 3.49. The van der Waals surface area contributed by atoms with Crippen LogP contribution in [0, 0.1) is 6.92 Å². The molecule has 1 aliphatic rings. The van der Waals surface area contributed by atoms with E-state index >= 15 is 0 Å². The van der Waals surface area contributed by atoms with E-state index in [1.54, 1.807) is 11.3 Å². The number of aryl methyl sites for hydroxylation is 1. The van der Waals surface area contributed by atoms with Crippen molar-refractivity contribution in [3.63, 3.8) is 0 Å². The van der Waals surface area contributed by atoms with Crippen LogP contribution in [0.1, 0.15) is 30.0 Å². The van der Waals surface area contributed by atoms with Crippen molar-refractivity contribution in [2.45, 2.75) is 38.1 Å². The first-order chi connectivity index (χ1) is 5.68. The van der Waals surface area contributed by atoms with Crippen LogP contribution in [-0.2, 0) is 6.42 Å². The van der Waals surface area contributed by atoms with Crippen molar-refractivity contribution in [2.75, 3.05) is 0 Å². The van der Waals surface area contributed by atoms with E-state index in [4.69, 9.17) is 5.73 Å². The lowest BCUT2D eigenvalue weighted by molar-refractivity contribution is 0.247. The van der Waals surface area contributed by atoms with Crippen molar-refractivity contribution in [3.8, 4) is 0 Å². The van der Waals surface area contributed by atoms with E-state index in [1.165, 1.54) is 24.3 Å². The summed E-state index contributed by atoms with van der Waals surface area (Å²) in [6.45, 7) is 2.03. The summed E-state index contributed by atoms with van der Waals surface area (Å²) in [5.41, 5.74) is 7.32. The second-order valence-electron chi connectivity index (χ2n) is 3.78. The minimum Gasteiger partial charge on any atom is -0.325 e. The fourth-order valence-electron chi connectivity index (χ4n) is 1.59. The topological polar surface area (TPSA) is 38.9 Å². The Kier molecular flexibility index (Phi) is 3.33. The van der Waals surface area contributed by atoms with E-state index in [1.807, 2.05) is 6.92 Å². The van der Waals surface area contributed by atoms with Gasteiger partial charge in [-0.15, -0.1) is 23.7 Å². The fraction of sp³-hybridized carbons (Fsp3) is 0.667. The van der Waals surface area contributed by atoms with Gasteiger partial charge in [0.1, 0.15) is 0 Å². The number of rotatable bonds is 2. The zero-order valence-corrected chi connectivity index (χ0v) is 9.38. The largest absolute Gasteiger partial charge is 0.325 e. The van der Waals surface area contributed by atoms with Crippen molar-refractivity contribution in [2.24, 2.45) is 5.73 Å². The highest BCUT2D eigenvalue weighted by Gasteiger charge is 2.33. The van der Waals surface area contributed by atoms with Gasteiger partial charge in [-0.3, -0.25) is 0 Å². The number of hydrogen-bond donors (Lipinski definition) is 1. The first-order valence-electron chi connectivity index (χ1n) is 4.38. The van der Waals surface area contributed by atoms with E-state index in [0.717, 1.165) is 12.1 Å². The molecule has 1 saturated carbocycles. The van der Waals surface area contributed by atoms with Crippen LogP contribution in [0.2, 0.25) is 0 Å². The molecule has 13 heavy (non-hydrogen) atoms. The van der Waals surface area contributed by atoms with Crippen LogP contribution in [0.3, 0.4) is 0 Å².